The highest BCUT2D eigenvalue weighted by Crippen LogP contribution is 2.23. The van der Waals surface area contributed by atoms with E-state index in [0.29, 0.717) is 11.0 Å². The van der Waals surface area contributed by atoms with Crippen molar-refractivity contribution >= 4 is 28.8 Å². The zero-order valence-corrected chi connectivity index (χ0v) is 11.3. The van der Waals surface area contributed by atoms with Crippen molar-refractivity contribution in [3.8, 4) is 0 Å². The molecule has 0 saturated carbocycles. The first kappa shape index (κ1) is 12.2. The van der Waals surface area contributed by atoms with Gasteiger partial charge in [0.2, 0.25) is 0 Å². The van der Waals surface area contributed by atoms with Crippen LogP contribution in [0.3, 0.4) is 0 Å². The number of nitrogens with one attached hydrogen (secondary N) is 1. The predicted octanol–water partition coefficient (Wildman–Crippen LogP) is 3.47. The quantitative estimate of drug-likeness (QED) is 0.870. The van der Waals surface area contributed by atoms with Crippen molar-refractivity contribution in [2.45, 2.75) is 12.8 Å². The van der Waals surface area contributed by atoms with E-state index in [4.69, 9.17) is 11.6 Å². The van der Waals surface area contributed by atoms with E-state index in [1.165, 1.54) is 24.9 Å². The molecule has 1 aromatic carbocycles. The number of aromatic nitrogens is 2. The number of halogens is 1. The van der Waals surface area contributed by atoms with Crippen molar-refractivity contribution in [2.24, 2.45) is 0 Å². The van der Waals surface area contributed by atoms with Crippen LogP contribution < -0.4 is 10.2 Å². The van der Waals surface area contributed by atoms with Crippen LogP contribution in [-0.4, -0.2) is 23.1 Å². The summed E-state index contributed by atoms with van der Waals surface area (Å²) in [5.74, 6) is 0.703. The summed E-state index contributed by atoms with van der Waals surface area (Å²) < 4.78 is 0. The number of hydrogen-bond donors (Lipinski definition) is 1. The molecule has 0 radical (unpaired) electrons. The van der Waals surface area contributed by atoms with Crippen molar-refractivity contribution in [3.63, 3.8) is 0 Å². The zero-order valence-electron chi connectivity index (χ0n) is 10.5. The van der Waals surface area contributed by atoms with Crippen LogP contribution in [0, 0.1) is 0 Å². The van der Waals surface area contributed by atoms with Crippen LogP contribution in [0.1, 0.15) is 12.8 Å². The Balaban J connectivity index is 1.72. The Kier molecular flexibility index (Phi) is 3.51. The Morgan fingerprint density at radius 2 is 1.79 bits per heavy atom. The second kappa shape index (κ2) is 5.45. The summed E-state index contributed by atoms with van der Waals surface area (Å²) in [5.41, 5.74) is 2.28. The Morgan fingerprint density at radius 3 is 2.47 bits per heavy atom. The Hall–Kier alpha value is -1.81. The first-order valence-corrected chi connectivity index (χ1v) is 6.79. The van der Waals surface area contributed by atoms with E-state index in [-0.39, 0.29) is 0 Å². The van der Waals surface area contributed by atoms with E-state index in [9.17, 15) is 0 Å². The van der Waals surface area contributed by atoms with Gasteiger partial charge in [-0.25, -0.2) is 9.97 Å². The van der Waals surface area contributed by atoms with Crippen LogP contribution >= 0.6 is 11.6 Å². The molecular weight excluding hydrogens is 260 g/mol. The second-order valence-corrected chi connectivity index (χ2v) is 4.98. The van der Waals surface area contributed by atoms with Gasteiger partial charge in [0.25, 0.3) is 0 Å². The summed E-state index contributed by atoms with van der Waals surface area (Å²) in [5, 5.41) is 3.64. The van der Waals surface area contributed by atoms with Crippen molar-refractivity contribution in [2.75, 3.05) is 23.3 Å². The molecule has 1 aliphatic rings. The Labute approximate surface area is 117 Å². The average Bonchev–Trinajstić information content (AvgIpc) is 2.94. The summed E-state index contributed by atoms with van der Waals surface area (Å²) in [6, 6.07) is 10.1. The van der Waals surface area contributed by atoms with Gasteiger partial charge in [-0.2, -0.15) is 0 Å². The van der Waals surface area contributed by atoms with Gasteiger partial charge in [0.05, 0.1) is 0 Å². The zero-order chi connectivity index (χ0) is 13.1. The van der Waals surface area contributed by atoms with E-state index < -0.39 is 0 Å². The SMILES string of the molecule is Clc1cc(Nc2ccc(N3CCCC3)cc2)ncn1. The molecule has 0 bridgehead atoms. The number of anilines is 3. The summed E-state index contributed by atoms with van der Waals surface area (Å²) in [6.45, 7) is 2.32. The number of rotatable bonds is 3. The van der Waals surface area contributed by atoms with Crippen molar-refractivity contribution in [3.05, 3.63) is 41.8 Å². The molecule has 2 aromatic rings. The van der Waals surface area contributed by atoms with Gasteiger partial charge < -0.3 is 10.2 Å². The van der Waals surface area contributed by atoms with Gasteiger partial charge in [-0.3, -0.25) is 0 Å². The third-order valence-electron chi connectivity index (χ3n) is 3.24. The average molecular weight is 275 g/mol. The maximum absolute atomic E-state index is 5.82. The molecule has 1 fully saturated rings. The van der Waals surface area contributed by atoms with E-state index in [0.717, 1.165) is 18.8 Å². The molecule has 0 unspecified atom stereocenters. The predicted molar refractivity (Wildman–Crippen MR) is 78.2 cm³/mol. The lowest BCUT2D eigenvalue weighted by Gasteiger charge is -2.17. The Bertz CT molecular complexity index is 550. The molecule has 0 atom stereocenters. The normalized spacial score (nSPS) is 14.7. The fourth-order valence-electron chi connectivity index (χ4n) is 2.28. The van der Waals surface area contributed by atoms with Crippen LogP contribution in [-0.2, 0) is 0 Å². The Morgan fingerprint density at radius 1 is 1.05 bits per heavy atom. The number of benzene rings is 1. The number of hydrogen-bond acceptors (Lipinski definition) is 4. The molecule has 0 aliphatic carbocycles. The van der Waals surface area contributed by atoms with Gasteiger partial charge in [-0.15, -0.1) is 0 Å². The fourth-order valence-corrected chi connectivity index (χ4v) is 2.43. The van der Waals surface area contributed by atoms with E-state index in [1.807, 2.05) is 0 Å². The highest BCUT2D eigenvalue weighted by Gasteiger charge is 2.11. The van der Waals surface area contributed by atoms with Crippen LogP contribution in [0.15, 0.2) is 36.7 Å². The molecule has 2 heterocycles. The molecule has 1 N–H and O–H groups in total. The van der Waals surface area contributed by atoms with Gasteiger partial charge in [0.1, 0.15) is 17.3 Å². The molecule has 1 saturated heterocycles. The van der Waals surface area contributed by atoms with E-state index >= 15 is 0 Å². The molecule has 1 aliphatic heterocycles. The molecule has 3 rings (SSSR count). The highest BCUT2D eigenvalue weighted by atomic mass is 35.5. The largest absolute Gasteiger partial charge is 0.372 e. The van der Waals surface area contributed by atoms with Crippen molar-refractivity contribution < 1.29 is 0 Å². The molecule has 1 aromatic heterocycles. The smallest absolute Gasteiger partial charge is 0.135 e. The first-order chi connectivity index (χ1) is 9.31. The lowest BCUT2D eigenvalue weighted by Crippen LogP contribution is -2.17. The minimum Gasteiger partial charge on any atom is -0.372 e. The molecule has 0 spiro atoms. The first-order valence-electron chi connectivity index (χ1n) is 6.41. The second-order valence-electron chi connectivity index (χ2n) is 4.59. The van der Waals surface area contributed by atoms with Crippen LogP contribution in [0.2, 0.25) is 5.15 Å². The standard InChI is InChI=1S/C14H15ClN4/c15-13-9-14(17-10-16-13)18-11-3-5-12(6-4-11)19-7-1-2-8-19/h3-6,9-10H,1-2,7-8H2,(H,16,17,18). The monoisotopic (exact) mass is 274 g/mol. The molecule has 98 valence electrons. The maximum Gasteiger partial charge on any atom is 0.135 e. The van der Waals surface area contributed by atoms with Crippen molar-refractivity contribution in [1.29, 1.82) is 0 Å². The minimum absolute atomic E-state index is 0.436. The van der Waals surface area contributed by atoms with Gasteiger partial charge in [-0.05, 0) is 37.1 Å². The number of nitrogens with zero attached hydrogens (tertiary/aromatic N) is 3. The molecular formula is C14H15ClN4. The summed E-state index contributed by atoms with van der Waals surface area (Å²) in [7, 11) is 0. The molecule has 5 heteroatoms. The summed E-state index contributed by atoms with van der Waals surface area (Å²) in [6.07, 6.45) is 4.03. The molecule has 4 nitrogen and oxygen atoms in total. The lowest BCUT2D eigenvalue weighted by atomic mass is 10.2. The van der Waals surface area contributed by atoms with Crippen LogP contribution in [0.4, 0.5) is 17.2 Å². The third kappa shape index (κ3) is 2.96. The topological polar surface area (TPSA) is 41.0 Å². The van der Waals surface area contributed by atoms with E-state index in [1.54, 1.807) is 6.07 Å². The summed E-state index contributed by atoms with van der Waals surface area (Å²) >= 11 is 5.82. The highest BCUT2D eigenvalue weighted by molar-refractivity contribution is 6.29. The van der Waals surface area contributed by atoms with Crippen LogP contribution in [0.25, 0.3) is 0 Å². The minimum atomic E-state index is 0.436. The van der Waals surface area contributed by atoms with Crippen molar-refractivity contribution in [1.82, 2.24) is 9.97 Å². The van der Waals surface area contributed by atoms with Gasteiger partial charge in [0.15, 0.2) is 0 Å². The lowest BCUT2D eigenvalue weighted by molar-refractivity contribution is 0.949. The fraction of sp³-hybridized carbons (Fsp3) is 0.286. The van der Waals surface area contributed by atoms with E-state index in [2.05, 4.69) is 44.5 Å². The molecule has 0 amide bonds. The maximum atomic E-state index is 5.82. The molecule has 19 heavy (non-hydrogen) atoms. The van der Waals surface area contributed by atoms with Crippen LogP contribution in [0.5, 0.6) is 0 Å². The van der Waals surface area contributed by atoms with Gasteiger partial charge in [0, 0.05) is 30.5 Å². The van der Waals surface area contributed by atoms with Gasteiger partial charge in [-0.1, -0.05) is 11.6 Å². The van der Waals surface area contributed by atoms with Gasteiger partial charge >= 0.3 is 0 Å². The third-order valence-corrected chi connectivity index (χ3v) is 3.45. The summed E-state index contributed by atoms with van der Waals surface area (Å²) in [4.78, 5) is 10.4.